The molecule has 4 heteroatoms. The summed E-state index contributed by atoms with van der Waals surface area (Å²) in [6.07, 6.45) is 6.24. The highest BCUT2D eigenvalue weighted by molar-refractivity contribution is 8.01. The fraction of sp³-hybridized carbons (Fsp3) is 0.917. The van der Waals surface area contributed by atoms with Crippen LogP contribution in [0.2, 0.25) is 0 Å². The second-order valence-corrected chi connectivity index (χ2v) is 5.70. The van der Waals surface area contributed by atoms with Crippen molar-refractivity contribution in [2.24, 2.45) is 0 Å². The van der Waals surface area contributed by atoms with Gasteiger partial charge >= 0.3 is 5.97 Å². The summed E-state index contributed by atoms with van der Waals surface area (Å²) >= 11 is 1.21. The topological polar surface area (TPSA) is 57.5 Å². The monoisotopic (exact) mass is 248 g/mol. The van der Waals surface area contributed by atoms with Gasteiger partial charge in [-0.05, 0) is 19.3 Å². The van der Waals surface area contributed by atoms with Crippen LogP contribution >= 0.6 is 11.8 Å². The summed E-state index contributed by atoms with van der Waals surface area (Å²) in [6.45, 7) is 6.28. The molecule has 16 heavy (non-hydrogen) atoms. The van der Waals surface area contributed by atoms with Gasteiger partial charge in [0.1, 0.15) is 0 Å². The van der Waals surface area contributed by atoms with Crippen LogP contribution in [-0.4, -0.2) is 26.4 Å². The second-order valence-electron chi connectivity index (χ2n) is 4.16. The van der Waals surface area contributed by atoms with Gasteiger partial charge in [0.05, 0.1) is 0 Å². The molecular formula is C12H24O3S. The molecule has 0 aromatic carbocycles. The van der Waals surface area contributed by atoms with E-state index in [1.54, 1.807) is 0 Å². The van der Waals surface area contributed by atoms with Gasteiger partial charge in [0.15, 0.2) is 5.44 Å². The molecule has 0 saturated heterocycles. The van der Waals surface area contributed by atoms with Gasteiger partial charge in [-0.1, -0.05) is 40.0 Å². The van der Waals surface area contributed by atoms with E-state index in [0.717, 1.165) is 32.1 Å². The molecular weight excluding hydrogens is 224 g/mol. The summed E-state index contributed by atoms with van der Waals surface area (Å²) in [4.78, 5) is 10.7. The number of aliphatic hydroxyl groups is 1. The molecule has 0 aliphatic carbocycles. The summed E-state index contributed by atoms with van der Waals surface area (Å²) in [5.74, 6) is -1.13. The molecule has 2 N–H and O–H groups in total. The van der Waals surface area contributed by atoms with Crippen LogP contribution < -0.4 is 0 Å². The molecule has 0 radical (unpaired) electrons. The van der Waals surface area contributed by atoms with Crippen molar-refractivity contribution in [3.63, 3.8) is 0 Å². The Hall–Kier alpha value is -0.220. The van der Waals surface area contributed by atoms with E-state index < -0.39 is 11.4 Å². The van der Waals surface area contributed by atoms with Crippen molar-refractivity contribution in [1.29, 1.82) is 0 Å². The fourth-order valence-electron chi connectivity index (χ4n) is 1.81. The van der Waals surface area contributed by atoms with E-state index >= 15 is 0 Å². The van der Waals surface area contributed by atoms with Crippen LogP contribution in [-0.2, 0) is 4.79 Å². The number of carboxylic acid groups (broad SMARTS) is 1. The number of hydrogen-bond acceptors (Lipinski definition) is 3. The Morgan fingerprint density at radius 2 is 1.81 bits per heavy atom. The van der Waals surface area contributed by atoms with Crippen LogP contribution in [0.3, 0.4) is 0 Å². The zero-order chi connectivity index (χ0) is 12.6. The standard InChI is InChI=1S/C12H24O3S/c1-4-7-8-9-12(5-2,6-3)16-11(15)10(13)14/h11,15H,4-9H2,1-3H3,(H,13,14). The van der Waals surface area contributed by atoms with Crippen LogP contribution in [0, 0.1) is 0 Å². The first-order valence-corrected chi connectivity index (χ1v) is 6.98. The first-order valence-electron chi connectivity index (χ1n) is 6.10. The Morgan fingerprint density at radius 3 is 2.19 bits per heavy atom. The zero-order valence-electron chi connectivity index (χ0n) is 10.5. The van der Waals surface area contributed by atoms with Crippen molar-refractivity contribution >= 4 is 17.7 Å². The first kappa shape index (κ1) is 15.8. The number of rotatable bonds is 9. The number of thioether (sulfide) groups is 1. The van der Waals surface area contributed by atoms with Crippen molar-refractivity contribution < 1.29 is 15.0 Å². The van der Waals surface area contributed by atoms with Crippen LogP contribution in [0.15, 0.2) is 0 Å². The van der Waals surface area contributed by atoms with Gasteiger partial charge in [0.25, 0.3) is 0 Å². The van der Waals surface area contributed by atoms with E-state index in [1.807, 2.05) is 0 Å². The molecule has 0 heterocycles. The number of hydrogen-bond donors (Lipinski definition) is 2. The summed E-state index contributed by atoms with van der Waals surface area (Å²) in [5, 5.41) is 18.2. The first-order chi connectivity index (χ1) is 7.51. The third kappa shape index (κ3) is 5.21. The third-order valence-corrected chi connectivity index (χ3v) is 4.80. The minimum atomic E-state index is -1.29. The van der Waals surface area contributed by atoms with Gasteiger partial charge in [-0.2, -0.15) is 0 Å². The lowest BCUT2D eigenvalue weighted by Gasteiger charge is -2.32. The predicted molar refractivity (Wildman–Crippen MR) is 68.7 cm³/mol. The molecule has 0 aromatic rings. The molecule has 0 fully saturated rings. The Kier molecular flexibility index (Phi) is 7.85. The van der Waals surface area contributed by atoms with E-state index in [1.165, 1.54) is 18.2 Å². The van der Waals surface area contributed by atoms with Gasteiger partial charge < -0.3 is 10.2 Å². The van der Waals surface area contributed by atoms with Gasteiger partial charge in [-0.15, -0.1) is 11.8 Å². The highest BCUT2D eigenvalue weighted by Gasteiger charge is 2.31. The average molecular weight is 248 g/mol. The van der Waals surface area contributed by atoms with Crippen molar-refractivity contribution in [1.82, 2.24) is 0 Å². The largest absolute Gasteiger partial charge is 0.479 e. The van der Waals surface area contributed by atoms with Crippen LogP contribution in [0.5, 0.6) is 0 Å². The molecule has 0 amide bonds. The van der Waals surface area contributed by atoms with Crippen LogP contribution in [0.1, 0.15) is 59.3 Å². The molecule has 1 atom stereocenters. The molecule has 3 nitrogen and oxygen atoms in total. The second kappa shape index (κ2) is 7.96. The lowest BCUT2D eigenvalue weighted by atomic mass is 9.95. The zero-order valence-corrected chi connectivity index (χ0v) is 11.3. The highest BCUT2D eigenvalue weighted by Crippen LogP contribution is 2.39. The van der Waals surface area contributed by atoms with E-state index in [2.05, 4.69) is 20.8 Å². The summed E-state index contributed by atoms with van der Waals surface area (Å²) < 4.78 is -0.0764. The predicted octanol–water partition coefficient (Wildman–Crippen LogP) is 3.26. The molecule has 96 valence electrons. The highest BCUT2D eigenvalue weighted by atomic mass is 32.2. The maximum absolute atomic E-state index is 10.7. The van der Waals surface area contributed by atoms with Crippen LogP contribution in [0.25, 0.3) is 0 Å². The van der Waals surface area contributed by atoms with E-state index in [9.17, 15) is 9.90 Å². The van der Waals surface area contributed by atoms with Gasteiger partial charge in [-0.3, -0.25) is 0 Å². The van der Waals surface area contributed by atoms with Crippen molar-refractivity contribution in [3.05, 3.63) is 0 Å². The number of carboxylic acids is 1. The molecule has 0 rings (SSSR count). The number of aliphatic hydroxyl groups excluding tert-OH is 1. The number of unbranched alkanes of at least 4 members (excludes halogenated alkanes) is 2. The Labute approximate surface area is 103 Å². The van der Waals surface area contributed by atoms with Gasteiger partial charge in [0.2, 0.25) is 0 Å². The Bertz CT molecular complexity index is 202. The molecule has 0 aliphatic heterocycles. The number of carbonyl (C=O) groups is 1. The molecule has 0 spiro atoms. The molecule has 0 aliphatic rings. The molecule has 0 aromatic heterocycles. The third-order valence-electron chi connectivity index (χ3n) is 3.10. The van der Waals surface area contributed by atoms with Crippen molar-refractivity contribution in [3.8, 4) is 0 Å². The normalized spacial score (nSPS) is 13.8. The average Bonchev–Trinajstić information content (AvgIpc) is 2.27. The summed E-state index contributed by atoms with van der Waals surface area (Å²) in [7, 11) is 0. The summed E-state index contributed by atoms with van der Waals surface area (Å²) in [6, 6.07) is 0. The van der Waals surface area contributed by atoms with E-state index in [0.29, 0.717) is 0 Å². The molecule has 0 saturated carbocycles. The molecule has 0 bridgehead atoms. The smallest absolute Gasteiger partial charge is 0.343 e. The maximum Gasteiger partial charge on any atom is 0.343 e. The van der Waals surface area contributed by atoms with E-state index in [-0.39, 0.29) is 4.75 Å². The van der Waals surface area contributed by atoms with Crippen molar-refractivity contribution in [2.75, 3.05) is 0 Å². The quantitative estimate of drug-likeness (QED) is 0.486. The Balaban J connectivity index is 4.36. The molecule has 1 unspecified atom stereocenters. The van der Waals surface area contributed by atoms with Crippen molar-refractivity contribution in [2.45, 2.75) is 69.5 Å². The minimum Gasteiger partial charge on any atom is -0.479 e. The maximum atomic E-state index is 10.7. The van der Waals surface area contributed by atoms with Gasteiger partial charge in [0, 0.05) is 4.75 Å². The summed E-state index contributed by atoms with van der Waals surface area (Å²) in [5.41, 5.74) is -1.29. The van der Waals surface area contributed by atoms with E-state index in [4.69, 9.17) is 5.11 Å². The lowest BCUT2D eigenvalue weighted by molar-refractivity contribution is -0.142. The lowest BCUT2D eigenvalue weighted by Crippen LogP contribution is -2.29. The van der Waals surface area contributed by atoms with Crippen LogP contribution in [0.4, 0.5) is 0 Å². The minimum absolute atomic E-state index is 0.0764. The van der Waals surface area contributed by atoms with Gasteiger partial charge in [-0.25, -0.2) is 4.79 Å². The number of aliphatic carboxylic acids is 1. The fourth-order valence-corrected chi connectivity index (χ4v) is 2.98. The Morgan fingerprint density at radius 1 is 1.25 bits per heavy atom. The SMILES string of the molecule is CCCCCC(CC)(CC)SC(O)C(=O)O.